The van der Waals surface area contributed by atoms with E-state index in [2.05, 4.69) is 73.5 Å². The molecule has 0 unspecified atom stereocenters. The number of hydrogen-bond acceptors (Lipinski definition) is 33. The van der Waals surface area contributed by atoms with Crippen LogP contribution in [0.25, 0.3) is 0 Å². The molecule has 0 amide bonds. The number of carbonyl (C=O) groups excluding carboxylic acids is 12. The van der Waals surface area contributed by atoms with Gasteiger partial charge in [-0.2, -0.15) is 8.42 Å². The molecular formula is C104H110N5O27PS2. The maximum absolute atomic E-state index is 13.0. The second-order valence-corrected chi connectivity index (χ2v) is 33.7. The van der Waals surface area contributed by atoms with Crippen molar-refractivity contribution in [3.8, 4) is 5.75 Å². The molecular weight excluding hydrogens is 1850 g/mol. The summed E-state index contributed by atoms with van der Waals surface area (Å²) in [6.45, 7) is 22.3. The van der Waals surface area contributed by atoms with Gasteiger partial charge in [0, 0.05) is 68.5 Å². The Kier molecular flexibility index (Phi) is 48.5. The molecule has 0 heterocycles. The Hall–Kier alpha value is -15.0. The highest BCUT2D eigenvalue weighted by Gasteiger charge is 2.33. The van der Waals surface area contributed by atoms with E-state index in [-0.39, 0.29) is 89.9 Å². The molecule has 0 aliphatic heterocycles. The summed E-state index contributed by atoms with van der Waals surface area (Å²) in [6.07, 6.45) is 2.27. The van der Waals surface area contributed by atoms with Crippen molar-refractivity contribution >= 4 is 129 Å². The minimum absolute atomic E-state index is 0.00946. The number of phosphoric acid groups is 1. The summed E-state index contributed by atoms with van der Waals surface area (Å²) < 4.78 is 80.1. The molecule has 32 nitrogen and oxygen atoms in total. The number of oxime groups is 5. The van der Waals surface area contributed by atoms with Crippen molar-refractivity contribution in [2.24, 2.45) is 25.8 Å². The quantitative estimate of drug-likeness (QED) is 0.00394. The zero-order valence-corrected chi connectivity index (χ0v) is 82.0. The van der Waals surface area contributed by atoms with E-state index in [4.69, 9.17) is 32.7 Å². The molecule has 0 aromatic heterocycles. The Morgan fingerprint density at radius 1 is 0.360 bits per heavy atom. The number of Topliss-reactive ketones (excluding diaryl/α,β-unsaturated/α-hetero) is 6. The first-order valence-corrected chi connectivity index (χ1v) is 47.6. The normalized spacial score (nSPS) is 11.3. The fraction of sp³-hybridized carbons (Fsp3) is 0.260. The third-order valence-electron chi connectivity index (χ3n) is 18.9. The molecule has 0 aliphatic rings. The van der Waals surface area contributed by atoms with E-state index in [1.807, 2.05) is 126 Å². The molecule has 10 aromatic rings. The monoisotopic (exact) mass is 1960 g/mol. The molecule has 35 heteroatoms. The molecule has 10 aromatic carbocycles. The van der Waals surface area contributed by atoms with E-state index in [0.29, 0.717) is 60.3 Å². The zero-order chi connectivity index (χ0) is 102. The van der Waals surface area contributed by atoms with Crippen molar-refractivity contribution in [2.75, 3.05) is 46.8 Å². The SMILES string of the molecule is CC(=O)O/N=C(\C)c1ccc(CCc2ccc(C(=O)c3ccc(Sc4ccccc4)cc3)cc2)cc1.CCOC(=O)/C(=N\OS(=O)(=O)c1ccccc1)C(=O)c1ccc(C)cc1.CCOC(=O)O/N=C(\C(=O)OCC)C(=O)c1ccc(C)cc1.CCOC(=O)O/N=C(\CCCCC(=O)CC)C(=O)c1ccc(C)cc1.CCOP(=O)(OCC)O/N=C(/C(=O)c1ccc(C)cc1)C(=O)c1ccc(OC)cc1. The molecule has 0 saturated carbocycles. The Morgan fingerprint density at radius 2 is 0.727 bits per heavy atom. The van der Waals surface area contributed by atoms with Crippen LogP contribution in [0, 0.1) is 27.7 Å². The minimum atomic E-state index is -4.27. The van der Waals surface area contributed by atoms with Gasteiger partial charge in [0.1, 0.15) is 22.1 Å². The molecule has 0 fully saturated rings. The van der Waals surface area contributed by atoms with E-state index in [1.54, 1.807) is 139 Å². The Balaban J connectivity index is 0.000000269. The fourth-order valence-electron chi connectivity index (χ4n) is 11.5. The number of ketones is 7. The van der Waals surface area contributed by atoms with Crippen LogP contribution in [0.2, 0.25) is 0 Å². The number of carbonyl (C=O) groups is 12. The van der Waals surface area contributed by atoms with Gasteiger partial charge in [0.25, 0.3) is 0 Å². The van der Waals surface area contributed by atoms with E-state index in [0.717, 1.165) is 45.6 Å². The summed E-state index contributed by atoms with van der Waals surface area (Å²) in [7, 11) is -6.84. The first-order chi connectivity index (χ1) is 66.6. The first-order valence-electron chi connectivity index (χ1n) is 44.0. The molecule has 0 N–H and O–H groups in total. The summed E-state index contributed by atoms with van der Waals surface area (Å²) >= 11 is 1.68. The highest BCUT2D eigenvalue weighted by atomic mass is 32.2. The lowest BCUT2D eigenvalue weighted by Crippen LogP contribution is -2.27. The second kappa shape index (κ2) is 59.8. The van der Waals surface area contributed by atoms with Crippen LogP contribution in [0.5, 0.6) is 5.75 Å². The molecule has 0 aliphatic carbocycles. The lowest BCUT2D eigenvalue weighted by Gasteiger charge is -2.14. The van der Waals surface area contributed by atoms with E-state index >= 15 is 0 Å². The van der Waals surface area contributed by atoms with Crippen LogP contribution < -0.4 is 4.74 Å². The van der Waals surface area contributed by atoms with Crippen molar-refractivity contribution in [1.29, 1.82) is 0 Å². The zero-order valence-electron chi connectivity index (χ0n) is 79.5. The van der Waals surface area contributed by atoms with Gasteiger partial charge in [-0.3, -0.25) is 61.2 Å². The van der Waals surface area contributed by atoms with Gasteiger partial charge < -0.3 is 28.5 Å². The topological polar surface area (TPSA) is 429 Å². The molecule has 139 heavy (non-hydrogen) atoms. The molecule has 0 atom stereocenters. The van der Waals surface area contributed by atoms with E-state index in [9.17, 15) is 70.5 Å². The molecule has 10 rings (SSSR count). The number of esters is 2. The van der Waals surface area contributed by atoms with Crippen molar-refractivity contribution in [2.45, 2.75) is 150 Å². The third-order valence-corrected chi connectivity index (χ3v) is 22.5. The van der Waals surface area contributed by atoms with Gasteiger partial charge in [-0.05, 0) is 198 Å². The van der Waals surface area contributed by atoms with Crippen molar-refractivity contribution in [3.05, 3.63) is 333 Å². The Labute approximate surface area is 811 Å². The summed E-state index contributed by atoms with van der Waals surface area (Å²) in [5.41, 5.74) is 8.65. The smallest absolute Gasteiger partial charge is 0.497 e. The van der Waals surface area contributed by atoms with Gasteiger partial charge in [-0.15, -0.1) is 0 Å². The average molecular weight is 1960 g/mol. The number of nitrogens with zero attached hydrogens (tertiary/aromatic N) is 5. The lowest BCUT2D eigenvalue weighted by atomic mass is 9.99. The van der Waals surface area contributed by atoms with Crippen molar-refractivity contribution in [1.82, 2.24) is 0 Å². The van der Waals surface area contributed by atoms with Crippen LogP contribution in [0.15, 0.2) is 295 Å². The van der Waals surface area contributed by atoms with Crippen molar-refractivity contribution in [3.63, 3.8) is 0 Å². The number of hydrogen-bond donors (Lipinski definition) is 0. The Bertz CT molecular complexity index is 6110. The molecule has 0 spiro atoms. The number of rotatable bonds is 43. The highest BCUT2D eigenvalue weighted by Crippen LogP contribution is 2.49. The van der Waals surface area contributed by atoms with Crippen LogP contribution in [0.1, 0.15) is 201 Å². The number of methoxy groups -OCH3 is 1. The highest BCUT2D eigenvalue weighted by molar-refractivity contribution is 7.99. The Morgan fingerprint density at radius 3 is 1.14 bits per heavy atom. The van der Waals surface area contributed by atoms with Crippen LogP contribution >= 0.6 is 19.6 Å². The standard InChI is InChI=1S/C31H27NO3S.C21H24NO7P.C19H25NO5.C18H17NO6S.C15H17NO6/c1-22(32-35-23(2)33)26-14-10-24(11-15-26)8-9-25-12-16-27(17-13-25)31(34)28-18-20-30(21-19-28)36-29-6-4-3-5-7-29;1-5-27-30(25,28-6-2)29-22-19(20(23)16-9-7-15(3)8-10-16)21(24)17-11-13-18(26-4)14-12-17;1-4-16(21)8-6-7-9-17(20-25-19(23)24-5-2)18(22)15-12-10-14(3)11-13-15;1-3-24-18(21)16(17(20)14-11-9-13(2)10-12-14)19-25-26(22,23)15-7-5-4-6-8-15;1-4-20-14(18)12(16-22-15(19)21-5-2)13(17)11-8-6-10(3)7-9-11/h3-7,10-21H,8-9H2,1-2H3;7-14H,5-6H2,1-4H3;10-13H,4-9H2,1-3H3;4-12H,3H2,1-2H3;6-9H,4-5H2,1-3H3/b32-22+;22-19-;20-17+;19-16-;16-12-. The molecule has 730 valence electrons. The van der Waals surface area contributed by atoms with Crippen LogP contribution in [0.4, 0.5) is 9.59 Å². The summed E-state index contributed by atoms with van der Waals surface area (Å²) in [5.74, 6) is -4.92. The number of unbranched alkanes of at least 4 members (excludes halogenated alkanes) is 1. The first kappa shape index (κ1) is 113. The number of ether oxygens (including phenoxy) is 5. The largest absolute Gasteiger partial charge is 0.550 e. The van der Waals surface area contributed by atoms with Gasteiger partial charge in [0.05, 0.1) is 52.5 Å². The van der Waals surface area contributed by atoms with Crippen LogP contribution in [0.3, 0.4) is 0 Å². The van der Waals surface area contributed by atoms with E-state index in [1.165, 1.54) is 90.7 Å². The molecule has 0 bridgehead atoms. The van der Waals surface area contributed by atoms with Gasteiger partial charge in [-0.1, -0.05) is 249 Å². The van der Waals surface area contributed by atoms with Crippen LogP contribution in [-0.2, 0) is 98.1 Å². The van der Waals surface area contributed by atoms with Gasteiger partial charge in [-0.25, -0.2) is 28.5 Å². The van der Waals surface area contributed by atoms with Crippen LogP contribution in [-0.4, -0.2) is 154 Å². The fourth-order valence-corrected chi connectivity index (χ4v) is 14.1. The predicted molar refractivity (Wildman–Crippen MR) is 524 cm³/mol. The second-order valence-electron chi connectivity index (χ2n) is 29.4. The van der Waals surface area contributed by atoms with E-state index < -0.39 is 88.4 Å². The maximum atomic E-state index is 13.0. The number of benzene rings is 10. The predicted octanol–water partition coefficient (Wildman–Crippen LogP) is 20.8. The third kappa shape index (κ3) is 39.3. The number of aryl methyl sites for hydroxylation is 6. The molecule has 0 saturated heterocycles. The lowest BCUT2D eigenvalue weighted by molar-refractivity contribution is -0.141. The van der Waals surface area contributed by atoms with Crippen molar-refractivity contribution < 1.29 is 127 Å². The summed E-state index contributed by atoms with van der Waals surface area (Å²) in [6, 6.07) is 73.8. The summed E-state index contributed by atoms with van der Waals surface area (Å²) in [4.78, 5) is 161. The van der Waals surface area contributed by atoms with Gasteiger partial charge in [0.15, 0.2) is 11.5 Å². The average Bonchev–Trinajstić information content (AvgIpc) is 0.821. The maximum Gasteiger partial charge on any atom is 0.550 e. The minimum Gasteiger partial charge on any atom is -0.497 e. The van der Waals surface area contributed by atoms with Gasteiger partial charge >= 0.3 is 48.2 Å². The summed E-state index contributed by atoms with van der Waals surface area (Å²) in [5, 5.41) is 17.7. The van der Waals surface area contributed by atoms with Gasteiger partial charge in [0.2, 0.25) is 40.3 Å². The number of phosphoric ester groups is 1. The molecule has 0 radical (unpaired) electrons.